The number of nitrogens with one attached hydrogen (secondary N) is 1. The smallest absolute Gasteiger partial charge is 0.346 e. The van der Waals surface area contributed by atoms with Crippen LogP contribution in [0, 0.1) is 0 Å². The second-order valence-electron chi connectivity index (χ2n) is 6.15. The summed E-state index contributed by atoms with van der Waals surface area (Å²) in [4.78, 5) is 12.1. The minimum absolute atomic E-state index is 0.0200. The van der Waals surface area contributed by atoms with Crippen molar-refractivity contribution < 1.29 is 39.6 Å². The topological polar surface area (TPSA) is 63.2 Å². The van der Waals surface area contributed by atoms with Gasteiger partial charge in [0.05, 0.1) is 28.2 Å². The van der Waals surface area contributed by atoms with E-state index in [1.807, 2.05) is 0 Å². The van der Waals surface area contributed by atoms with Gasteiger partial charge in [0.15, 0.2) is 9.84 Å². The van der Waals surface area contributed by atoms with Crippen molar-refractivity contribution >= 4 is 15.7 Å². The van der Waals surface area contributed by atoms with Crippen molar-refractivity contribution in [1.82, 2.24) is 5.32 Å². The van der Waals surface area contributed by atoms with E-state index in [0.29, 0.717) is 12.1 Å². The van der Waals surface area contributed by atoms with Gasteiger partial charge in [0.2, 0.25) is 0 Å². The lowest BCUT2D eigenvalue weighted by atomic mass is 9.99. The molecule has 11 heteroatoms. The van der Waals surface area contributed by atoms with Crippen LogP contribution in [0.4, 0.5) is 26.3 Å². The van der Waals surface area contributed by atoms with Crippen molar-refractivity contribution in [3.05, 3.63) is 34.9 Å². The second kappa shape index (κ2) is 5.89. The fourth-order valence-corrected chi connectivity index (χ4v) is 4.63. The van der Waals surface area contributed by atoms with Gasteiger partial charge in [-0.2, -0.15) is 26.3 Å². The number of halogens is 6. The average Bonchev–Trinajstić information content (AvgIpc) is 2.70. The number of benzene rings is 1. The van der Waals surface area contributed by atoms with Crippen LogP contribution in [0.2, 0.25) is 0 Å². The maximum absolute atomic E-state index is 12.8. The Bertz CT molecular complexity index is 768. The lowest BCUT2D eigenvalue weighted by molar-refractivity contribution is -0.143. The molecule has 0 spiro atoms. The van der Waals surface area contributed by atoms with E-state index in [0.717, 1.165) is 0 Å². The van der Waals surface area contributed by atoms with Gasteiger partial charge in [-0.1, -0.05) is 0 Å². The molecule has 1 saturated heterocycles. The number of hydrogen-bond donors (Lipinski definition) is 1. The third-order valence-electron chi connectivity index (χ3n) is 3.77. The Morgan fingerprint density at radius 1 is 1.04 bits per heavy atom. The fraction of sp³-hybridized carbons (Fsp3) is 0.500. The predicted octanol–water partition coefficient (Wildman–Crippen LogP) is 3.03. The van der Waals surface area contributed by atoms with E-state index >= 15 is 0 Å². The van der Waals surface area contributed by atoms with Gasteiger partial charge in [0.25, 0.3) is 5.91 Å². The van der Waals surface area contributed by atoms with Crippen molar-refractivity contribution in [2.45, 2.75) is 31.2 Å². The molecule has 1 N–H and O–H groups in total. The van der Waals surface area contributed by atoms with Crippen LogP contribution >= 0.6 is 0 Å². The van der Waals surface area contributed by atoms with E-state index in [1.54, 1.807) is 0 Å². The molecule has 0 aliphatic carbocycles. The number of sulfone groups is 1. The Balaban J connectivity index is 2.39. The molecule has 2 rings (SSSR count). The summed E-state index contributed by atoms with van der Waals surface area (Å²) in [6.45, 7) is 1.37. The van der Waals surface area contributed by atoms with Gasteiger partial charge >= 0.3 is 12.4 Å². The summed E-state index contributed by atoms with van der Waals surface area (Å²) in [5.41, 5.74) is -5.32. The Hall–Kier alpha value is -1.78. The molecule has 1 aliphatic rings. The van der Waals surface area contributed by atoms with Gasteiger partial charge in [-0.25, -0.2) is 8.42 Å². The number of rotatable bonds is 2. The first kappa shape index (κ1) is 19.5. The van der Waals surface area contributed by atoms with Crippen molar-refractivity contribution in [1.29, 1.82) is 0 Å². The molecule has 0 bridgehead atoms. The summed E-state index contributed by atoms with van der Waals surface area (Å²) in [7, 11) is -3.42. The monoisotopic (exact) mass is 389 g/mol. The molecule has 1 heterocycles. The zero-order valence-corrected chi connectivity index (χ0v) is 13.6. The first-order valence-electron chi connectivity index (χ1n) is 6.94. The Kier molecular flexibility index (Phi) is 4.60. The molecule has 0 aromatic heterocycles. The first-order valence-corrected chi connectivity index (χ1v) is 8.76. The SMILES string of the molecule is C[C@]1(NC(=O)c2cc(C(F)(F)F)cc(C(F)(F)F)c2)CCS(=O)(=O)C1. The van der Waals surface area contributed by atoms with E-state index in [9.17, 15) is 39.6 Å². The molecule has 4 nitrogen and oxygen atoms in total. The zero-order valence-electron chi connectivity index (χ0n) is 12.8. The van der Waals surface area contributed by atoms with E-state index in [1.165, 1.54) is 6.92 Å². The average molecular weight is 389 g/mol. The summed E-state index contributed by atoms with van der Waals surface area (Å²) in [6.07, 6.45) is -10.1. The molecule has 1 atom stereocenters. The quantitative estimate of drug-likeness (QED) is 0.791. The Labute approximate surface area is 139 Å². The molecule has 1 fully saturated rings. The lowest BCUT2D eigenvalue weighted by Crippen LogP contribution is -2.47. The molecule has 1 aromatic rings. The summed E-state index contributed by atoms with van der Waals surface area (Å²) >= 11 is 0. The van der Waals surface area contributed by atoms with E-state index in [4.69, 9.17) is 0 Å². The molecule has 0 unspecified atom stereocenters. The molecule has 1 aliphatic heterocycles. The Morgan fingerprint density at radius 3 is 1.88 bits per heavy atom. The third kappa shape index (κ3) is 4.65. The molecule has 1 aromatic carbocycles. The van der Waals surface area contributed by atoms with Gasteiger partial charge in [0.1, 0.15) is 0 Å². The number of amides is 1. The van der Waals surface area contributed by atoms with Crippen molar-refractivity contribution in [3.63, 3.8) is 0 Å². The van der Waals surface area contributed by atoms with Crippen LogP contribution < -0.4 is 5.32 Å². The highest BCUT2D eigenvalue weighted by Gasteiger charge is 2.41. The highest BCUT2D eigenvalue weighted by Crippen LogP contribution is 2.36. The van der Waals surface area contributed by atoms with E-state index in [-0.39, 0.29) is 18.2 Å². The van der Waals surface area contributed by atoms with Crippen LogP contribution in [0.5, 0.6) is 0 Å². The van der Waals surface area contributed by atoms with Crippen LogP contribution in [-0.2, 0) is 22.2 Å². The fourth-order valence-electron chi connectivity index (χ4n) is 2.54. The maximum atomic E-state index is 12.8. The predicted molar refractivity (Wildman–Crippen MR) is 75.6 cm³/mol. The first-order chi connectivity index (χ1) is 11.1. The van der Waals surface area contributed by atoms with Crippen molar-refractivity contribution in [2.24, 2.45) is 0 Å². The summed E-state index contributed by atoms with van der Waals surface area (Å²) in [6, 6.07) is 0.521. The van der Waals surface area contributed by atoms with Gasteiger partial charge in [-0.3, -0.25) is 4.79 Å². The van der Waals surface area contributed by atoms with Crippen LogP contribution in [0.3, 0.4) is 0 Å². The minimum atomic E-state index is -5.07. The van der Waals surface area contributed by atoms with Gasteiger partial charge in [-0.15, -0.1) is 0 Å². The van der Waals surface area contributed by atoms with Crippen LogP contribution in [0.1, 0.15) is 34.8 Å². The van der Waals surface area contributed by atoms with Gasteiger partial charge < -0.3 is 5.32 Å². The summed E-state index contributed by atoms with van der Waals surface area (Å²) in [5.74, 6) is -1.85. The largest absolute Gasteiger partial charge is 0.416 e. The maximum Gasteiger partial charge on any atom is 0.416 e. The number of carbonyl (C=O) groups excluding carboxylic acids is 1. The number of carbonyl (C=O) groups is 1. The van der Waals surface area contributed by atoms with E-state index < -0.39 is 56.1 Å². The summed E-state index contributed by atoms with van der Waals surface area (Å²) in [5, 5.41) is 2.23. The number of alkyl halides is 6. The highest BCUT2D eigenvalue weighted by molar-refractivity contribution is 7.91. The molecular weight excluding hydrogens is 376 g/mol. The van der Waals surface area contributed by atoms with Crippen LogP contribution in [0.15, 0.2) is 18.2 Å². The third-order valence-corrected chi connectivity index (χ3v) is 5.67. The number of hydrogen-bond acceptors (Lipinski definition) is 3. The second-order valence-corrected chi connectivity index (χ2v) is 8.34. The highest BCUT2D eigenvalue weighted by atomic mass is 32.2. The lowest BCUT2D eigenvalue weighted by Gasteiger charge is -2.24. The molecular formula is C14H13F6NO3S. The normalized spacial score (nSPS) is 23.5. The minimum Gasteiger partial charge on any atom is -0.346 e. The molecule has 0 saturated carbocycles. The Morgan fingerprint density at radius 2 is 1.52 bits per heavy atom. The van der Waals surface area contributed by atoms with Gasteiger partial charge in [0, 0.05) is 5.56 Å². The van der Waals surface area contributed by atoms with E-state index in [2.05, 4.69) is 5.32 Å². The van der Waals surface area contributed by atoms with Crippen molar-refractivity contribution in [3.8, 4) is 0 Å². The molecule has 25 heavy (non-hydrogen) atoms. The molecule has 140 valence electrons. The molecule has 0 radical (unpaired) electrons. The van der Waals surface area contributed by atoms with Gasteiger partial charge in [-0.05, 0) is 31.5 Å². The zero-order chi connectivity index (χ0) is 19.3. The standard InChI is InChI=1S/C14H13F6NO3S/c1-12(2-3-25(23,24)7-12)21-11(22)8-4-9(13(15,16)17)6-10(5-8)14(18,19)20/h4-6H,2-3,7H2,1H3,(H,21,22)/t12-/m0/s1. The van der Waals surface area contributed by atoms with Crippen LogP contribution in [0.25, 0.3) is 0 Å². The summed E-state index contributed by atoms with van der Waals surface area (Å²) < 4.78 is 99.8. The van der Waals surface area contributed by atoms with Crippen molar-refractivity contribution in [2.75, 3.05) is 11.5 Å². The van der Waals surface area contributed by atoms with Crippen LogP contribution in [-0.4, -0.2) is 31.4 Å². The molecule has 1 amide bonds.